The minimum Gasteiger partial charge on any atom is -0.353 e. The molecule has 0 spiro atoms. The van der Waals surface area contributed by atoms with Gasteiger partial charge in [-0.05, 0) is 50.1 Å². The second-order valence-corrected chi connectivity index (χ2v) is 11.3. The van der Waals surface area contributed by atoms with Crippen molar-refractivity contribution in [3.05, 3.63) is 52.1 Å². The highest BCUT2D eigenvalue weighted by Gasteiger charge is 2.35. The number of aromatic nitrogens is 1. The van der Waals surface area contributed by atoms with Gasteiger partial charge in [-0.25, -0.2) is 9.19 Å². The lowest BCUT2D eigenvalue weighted by Crippen LogP contribution is -2.59. The Morgan fingerprint density at radius 1 is 1.14 bits per heavy atom. The van der Waals surface area contributed by atoms with Gasteiger partial charge >= 0.3 is 0 Å². The fraction of sp³-hybridized carbons (Fsp3) is 0.560. The van der Waals surface area contributed by atoms with Crippen LogP contribution < -0.4 is 14.9 Å². The third-order valence-electron chi connectivity index (χ3n) is 7.17. The first-order valence-corrected chi connectivity index (χ1v) is 14.6. The van der Waals surface area contributed by atoms with E-state index < -0.39 is 11.0 Å². The summed E-state index contributed by atoms with van der Waals surface area (Å²) in [7, 11) is 0.878. The van der Waals surface area contributed by atoms with Gasteiger partial charge in [-0.1, -0.05) is 42.3 Å². The minimum atomic E-state index is -1.15. The lowest BCUT2D eigenvalue weighted by molar-refractivity contribution is 0.0437. The summed E-state index contributed by atoms with van der Waals surface area (Å²) in [6, 6.07) is 11.0. The van der Waals surface area contributed by atoms with E-state index in [0.717, 1.165) is 62.8 Å². The summed E-state index contributed by atoms with van der Waals surface area (Å²) in [6.45, 7) is 7.23. The first-order valence-electron chi connectivity index (χ1n) is 12.3. The number of hydrogen-bond donors (Lipinski definition) is 2. The highest BCUT2D eigenvalue weighted by molar-refractivity contribution is 7.85. The molecule has 0 amide bonds. The minimum absolute atomic E-state index is 0.211. The SMILES string of the molecule is CC[C@H]1CN(c2ncc(NS(C)=O)cc2Cl)CCN1C1CCN(C(NC)c2ccc(Cl)cc2)CC1. The molecule has 2 N–H and O–H groups in total. The maximum absolute atomic E-state index is 11.4. The standard InChI is InChI=1S/C25H36Cl2N6OS/c1-4-21-17-32(25-23(27)15-20(16-29-25)30-35(3)34)13-14-33(21)22-9-11-31(12-10-22)24(28-2)18-5-7-19(26)8-6-18/h5-8,15-16,21-22,24,28,30H,4,9-14,17H2,1-3H3/t21-,24?,35?/m0/s1. The number of nitrogens with zero attached hydrogens (tertiary/aromatic N) is 4. The van der Waals surface area contributed by atoms with Crippen LogP contribution >= 0.6 is 23.2 Å². The lowest BCUT2D eigenvalue weighted by Gasteiger charge is -2.48. The summed E-state index contributed by atoms with van der Waals surface area (Å²) < 4.78 is 14.3. The van der Waals surface area contributed by atoms with Gasteiger partial charge in [0.15, 0.2) is 0 Å². The topological polar surface area (TPSA) is 63.7 Å². The molecule has 2 aliphatic rings. The van der Waals surface area contributed by atoms with Crippen molar-refractivity contribution in [3.63, 3.8) is 0 Å². The summed E-state index contributed by atoms with van der Waals surface area (Å²) in [5, 5.41) is 4.85. The molecule has 10 heteroatoms. The third-order valence-corrected chi connectivity index (χ3v) is 8.23. The Morgan fingerprint density at radius 2 is 1.86 bits per heavy atom. The Kier molecular flexibility index (Phi) is 9.29. The van der Waals surface area contributed by atoms with E-state index >= 15 is 0 Å². The van der Waals surface area contributed by atoms with Gasteiger partial charge in [0.2, 0.25) is 0 Å². The van der Waals surface area contributed by atoms with E-state index in [1.54, 1.807) is 12.5 Å². The van der Waals surface area contributed by atoms with Gasteiger partial charge in [-0.15, -0.1) is 0 Å². The zero-order valence-corrected chi connectivity index (χ0v) is 23.0. The van der Waals surface area contributed by atoms with Gasteiger partial charge in [-0.3, -0.25) is 9.80 Å². The van der Waals surface area contributed by atoms with Gasteiger partial charge in [0, 0.05) is 56.1 Å². The number of piperidine rings is 1. The first kappa shape index (κ1) is 26.6. The first-order chi connectivity index (χ1) is 16.9. The molecule has 2 unspecified atom stereocenters. The summed E-state index contributed by atoms with van der Waals surface area (Å²) in [5.74, 6) is 0.812. The number of halogens is 2. The van der Waals surface area contributed by atoms with Crippen LogP contribution in [0.2, 0.25) is 10.0 Å². The Balaban J connectivity index is 1.36. The van der Waals surface area contributed by atoms with E-state index in [4.69, 9.17) is 23.2 Å². The molecule has 0 saturated carbocycles. The summed E-state index contributed by atoms with van der Waals surface area (Å²) in [6.07, 6.45) is 6.93. The molecule has 1 aromatic heterocycles. The Labute approximate surface area is 221 Å². The molecule has 2 fully saturated rings. The monoisotopic (exact) mass is 538 g/mol. The fourth-order valence-corrected chi connectivity index (χ4v) is 6.33. The number of likely N-dealkylation sites (tertiary alicyclic amines) is 1. The van der Waals surface area contributed by atoms with Crippen molar-refractivity contribution in [2.45, 2.75) is 44.4 Å². The maximum Gasteiger partial charge on any atom is 0.147 e. The van der Waals surface area contributed by atoms with Crippen LogP contribution in [0.25, 0.3) is 0 Å². The summed E-state index contributed by atoms with van der Waals surface area (Å²) in [4.78, 5) is 12.1. The number of hydrogen-bond acceptors (Lipinski definition) is 6. The van der Waals surface area contributed by atoms with Crippen LogP contribution in [0.4, 0.5) is 11.5 Å². The zero-order valence-electron chi connectivity index (χ0n) is 20.7. The van der Waals surface area contributed by atoms with Crippen molar-refractivity contribution in [1.29, 1.82) is 0 Å². The number of benzene rings is 1. The number of nitrogens with one attached hydrogen (secondary N) is 2. The highest BCUT2D eigenvalue weighted by Crippen LogP contribution is 2.31. The smallest absolute Gasteiger partial charge is 0.147 e. The second-order valence-electron chi connectivity index (χ2n) is 9.34. The van der Waals surface area contributed by atoms with E-state index in [-0.39, 0.29) is 6.17 Å². The molecule has 3 heterocycles. The molecule has 2 aliphatic heterocycles. The van der Waals surface area contributed by atoms with Gasteiger partial charge < -0.3 is 14.9 Å². The Morgan fingerprint density at radius 3 is 2.46 bits per heavy atom. The van der Waals surface area contributed by atoms with Gasteiger partial charge in [-0.2, -0.15) is 0 Å². The molecular formula is C25H36Cl2N6OS. The maximum atomic E-state index is 11.4. The van der Waals surface area contributed by atoms with Gasteiger partial charge in [0.25, 0.3) is 0 Å². The number of rotatable bonds is 8. The van der Waals surface area contributed by atoms with Crippen molar-refractivity contribution < 1.29 is 4.21 Å². The molecule has 0 bridgehead atoms. The lowest BCUT2D eigenvalue weighted by atomic mass is 9.97. The molecule has 1 aromatic carbocycles. The van der Waals surface area contributed by atoms with Crippen LogP contribution in [0.15, 0.2) is 36.5 Å². The molecule has 0 aliphatic carbocycles. The average molecular weight is 540 g/mol. The van der Waals surface area contributed by atoms with Crippen molar-refractivity contribution >= 4 is 45.7 Å². The molecule has 0 radical (unpaired) electrons. The van der Waals surface area contributed by atoms with Crippen LogP contribution in [-0.4, -0.2) is 77.1 Å². The predicted molar refractivity (Wildman–Crippen MR) is 148 cm³/mol. The number of piperazine rings is 1. The van der Waals surface area contributed by atoms with Crippen LogP contribution in [0, 0.1) is 0 Å². The second kappa shape index (κ2) is 12.2. The third kappa shape index (κ3) is 6.48. The molecule has 2 saturated heterocycles. The van der Waals surface area contributed by atoms with Crippen LogP contribution in [0.1, 0.15) is 37.9 Å². The van der Waals surface area contributed by atoms with E-state index in [2.05, 4.69) is 48.8 Å². The molecule has 7 nitrogen and oxygen atoms in total. The van der Waals surface area contributed by atoms with E-state index in [0.29, 0.717) is 22.8 Å². The summed E-state index contributed by atoms with van der Waals surface area (Å²) >= 11 is 12.7. The van der Waals surface area contributed by atoms with Crippen molar-refractivity contribution in [2.75, 3.05) is 55.6 Å². The normalized spacial score (nSPS) is 22.2. The molecule has 192 valence electrons. The fourth-order valence-electron chi connectivity index (χ4n) is 5.47. The van der Waals surface area contributed by atoms with Crippen molar-refractivity contribution in [2.24, 2.45) is 0 Å². The zero-order chi connectivity index (χ0) is 24.9. The largest absolute Gasteiger partial charge is 0.353 e. The Hall–Kier alpha value is -1.42. The van der Waals surface area contributed by atoms with Crippen LogP contribution in [0.5, 0.6) is 0 Å². The predicted octanol–water partition coefficient (Wildman–Crippen LogP) is 4.38. The Bertz CT molecular complexity index is 1000. The molecule has 2 aromatic rings. The van der Waals surface area contributed by atoms with Crippen LogP contribution in [-0.2, 0) is 11.0 Å². The molecular weight excluding hydrogens is 503 g/mol. The molecule has 35 heavy (non-hydrogen) atoms. The molecule has 3 atom stereocenters. The van der Waals surface area contributed by atoms with Gasteiger partial charge in [0.1, 0.15) is 16.8 Å². The van der Waals surface area contributed by atoms with Crippen molar-refractivity contribution in [1.82, 2.24) is 20.1 Å². The van der Waals surface area contributed by atoms with Crippen molar-refractivity contribution in [3.8, 4) is 0 Å². The van der Waals surface area contributed by atoms with E-state index in [9.17, 15) is 4.21 Å². The van der Waals surface area contributed by atoms with E-state index in [1.807, 2.05) is 25.2 Å². The number of anilines is 2. The van der Waals surface area contributed by atoms with Crippen LogP contribution in [0.3, 0.4) is 0 Å². The van der Waals surface area contributed by atoms with E-state index in [1.165, 1.54) is 5.56 Å². The average Bonchev–Trinajstić information content (AvgIpc) is 2.85. The number of pyridine rings is 1. The summed E-state index contributed by atoms with van der Waals surface area (Å²) in [5.41, 5.74) is 1.93. The highest BCUT2D eigenvalue weighted by atomic mass is 35.5. The quantitative estimate of drug-likeness (QED) is 0.520. The van der Waals surface area contributed by atoms with Gasteiger partial charge in [0.05, 0.1) is 23.1 Å². The molecule has 4 rings (SSSR count).